The van der Waals surface area contributed by atoms with Crippen molar-refractivity contribution >= 4 is 11.9 Å². The van der Waals surface area contributed by atoms with Crippen LogP contribution in [0.1, 0.15) is 12.8 Å². The number of primary amides is 1. The molecule has 0 spiro atoms. The topological polar surface area (TPSA) is 78.7 Å². The minimum Gasteiger partial charge on any atom is -0.368 e. The van der Waals surface area contributed by atoms with Crippen LogP contribution >= 0.6 is 0 Å². The molecular weight excluding hydrogens is 208 g/mol. The maximum absolute atomic E-state index is 12.1. The Labute approximate surface area is 94.7 Å². The number of nitrogens with two attached hydrogens (primary N) is 1. The van der Waals surface area contributed by atoms with Gasteiger partial charge in [0.15, 0.2) is 0 Å². The molecule has 90 valence electrons. The SMILES string of the molecule is NC(=O)C1CNCCN1C(=O)N1CCCC1. The lowest BCUT2D eigenvalue weighted by Gasteiger charge is -2.36. The molecule has 6 nitrogen and oxygen atoms in total. The van der Waals surface area contributed by atoms with Crippen LogP contribution in [0.3, 0.4) is 0 Å². The van der Waals surface area contributed by atoms with Crippen LogP contribution in [0.15, 0.2) is 0 Å². The van der Waals surface area contributed by atoms with E-state index in [1.165, 1.54) is 0 Å². The van der Waals surface area contributed by atoms with E-state index < -0.39 is 11.9 Å². The van der Waals surface area contributed by atoms with Gasteiger partial charge in [-0.05, 0) is 12.8 Å². The number of carbonyl (C=O) groups is 2. The molecule has 0 aromatic heterocycles. The molecule has 3 N–H and O–H groups in total. The Morgan fingerprint density at radius 3 is 2.50 bits per heavy atom. The Kier molecular flexibility index (Phi) is 3.28. The maximum Gasteiger partial charge on any atom is 0.320 e. The van der Waals surface area contributed by atoms with Crippen LogP contribution in [0.4, 0.5) is 4.79 Å². The highest BCUT2D eigenvalue weighted by atomic mass is 16.2. The third-order valence-electron chi connectivity index (χ3n) is 3.19. The van der Waals surface area contributed by atoms with Crippen molar-refractivity contribution in [2.45, 2.75) is 18.9 Å². The Balaban J connectivity index is 2.04. The van der Waals surface area contributed by atoms with Gasteiger partial charge in [0.1, 0.15) is 6.04 Å². The summed E-state index contributed by atoms with van der Waals surface area (Å²) in [4.78, 5) is 26.8. The second-order valence-electron chi connectivity index (χ2n) is 4.29. The second kappa shape index (κ2) is 4.69. The van der Waals surface area contributed by atoms with E-state index >= 15 is 0 Å². The molecule has 2 fully saturated rings. The van der Waals surface area contributed by atoms with E-state index in [0.29, 0.717) is 13.1 Å². The van der Waals surface area contributed by atoms with Gasteiger partial charge in [0.2, 0.25) is 5.91 Å². The highest BCUT2D eigenvalue weighted by Crippen LogP contribution is 2.13. The minimum atomic E-state index is -0.498. The van der Waals surface area contributed by atoms with Gasteiger partial charge in [-0.15, -0.1) is 0 Å². The van der Waals surface area contributed by atoms with Crippen molar-refractivity contribution < 1.29 is 9.59 Å². The third-order valence-corrected chi connectivity index (χ3v) is 3.19. The molecule has 2 heterocycles. The zero-order valence-corrected chi connectivity index (χ0v) is 9.32. The van der Waals surface area contributed by atoms with E-state index in [2.05, 4.69) is 5.32 Å². The molecular formula is C10H18N4O2. The van der Waals surface area contributed by atoms with Crippen LogP contribution < -0.4 is 11.1 Å². The molecule has 0 saturated carbocycles. The number of rotatable bonds is 1. The molecule has 1 unspecified atom stereocenters. The average molecular weight is 226 g/mol. The molecule has 3 amide bonds. The Morgan fingerprint density at radius 2 is 1.88 bits per heavy atom. The summed E-state index contributed by atoms with van der Waals surface area (Å²) in [6, 6.07) is -0.537. The monoisotopic (exact) mass is 226 g/mol. The summed E-state index contributed by atoms with van der Waals surface area (Å²) in [5.74, 6) is -0.431. The van der Waals surface area contributed by atoms with Gasteiger partial charge in [0.05, 0.1) is 0 Å². The lowest BCUT2D eigenvalue weighted by atomic mass is 10.2. The predicted octanol–water partition coefficient (Wildman–Crippen LogP) is -1.04. The Bertz CT molecular complexity index is 289. The fourth-order valence-corrected chi connectivity index (χ4v) is 2.28. The summed E-state index contributed by atoms with van der Waals surface area (Å²) in [6.07, 6.45) is 2.11. The molecule has 0 radical (unpaired) electrons. The number of hydrogen-bond donors (Lipinski definition) is 2. The molecule has 2 saturated heterocycles. The summed E-state index contributed by atoms with van der Waals surface area (Å²) in [6.45, 7) is 3.35. The van der Waals surface area contributed by atoms with E-state index in [4.69, 9.17) is 5.73 Å². The van der Waals surface area contributed by atoms with Gasteiger partial charge in [0, 0.05) is 32.7 Å². The summed E-state index contributed by atoms with van der Waals surface area (Å²) >= 11 is 0. The zero-order valence-electron chi connectivity index (χ0n) is 9.32. The quantitative estimate of drug-likeness (QED) is 0.599. The largest absolute Gasteiger partial charge is 0.368 e. The number of amides is 3. The van der Waals surface area contributed by atoms with Crippen molar-refractivity contribution in [2.75, 3.05) is 32.7 Å². The highest BCUT2D eigenvalue weighted by Gasteiger charge is 2.33. The lowest BCUT2D eigenvalue weighted by molar-refractivity contribution is -0.122. The number of piperazine rings is 1. The average Bonchev–Trinajstić information content (AvgIpc) is 2.81. The van der Waals surface area contributed by atoms with Crippen molar-refractivity contribution in [3.8, 4) is 0 Å². The summed E-state index contributed by atoms with van der Waals surface area (Å²) in [7, 11) is 0. The van der Waals surface area contributed by atoms with Crippen LogP contribution in [0.25, 0.3) is 0 Å². The molecule has 1 atom stereocenters. The van der Waals surface area contributed by atoms with Crippen molar-refractivity contribution in [3.05, 3.63) is 0 Å². The molecule has 2 rings (SSSR count). The Hall–Kier alpha value is -1.30. The van der Waals surface area contributed by atoms with Gasteiger partial charge >= 0.3 is 6.03 Å². The first-order chi connectivity index (χ1) is 7.70. The third kappa shape index (κ3) is 2.11. The minimum absolute atomic E-state index is 0.0391. The number of urea groups is 1. The maximum atomic E-state index is 12.1. The van der Waals surface area contributed by atoms with Crippen molar-refractivity contribution in [3.63, 3.8) is 0 Å². The van der Waals surface area contributed by atoms with Gasteiger partial charge < -0.3 is 20.9 Å². The molecule has 2 aliphatic heterocycles. The van der Waals surface area contributed by atoms with Crippen LogP contribution in [-0.2, 0) is 4.79 Å². The van der Waals surface area contributed by atoms with Crippen molar-refractivity contribution in [1.29, 1.82) is 0 Å². The molecule has 16 heavy (non-hydrogen) atoms. The van der Waals surface area contributed by atoms with Crippen LogP contribution in [-0.4, -0.2) is 60.5 Å². The van der Waals surface area contributed by atoms with Gasteiger partial charge in [0.25, 0.3) is 0 Å². The smallest absolute Gasteiger partial charge is 0.320 e. The number of nitrogens with one attached hydrogen (secondary N) is 1. The Morgan fingerprint density at radius 1 is 1.19 bits per heavy atom. The summed E-state index contributed by atoms with van der Waals surface area (Å²) in [5, 5.41) is 3.08. The van der Waals surface area contributed by atoms with E-state index in [1.54, 1.807) is 9.80 Å². The molecule has 0 aliphatic carbocycles. The fraction of sp³-hybridized carbons (Fsp3) is 0.800. The number of carbonyl (C=O) groups excluding carboxylic acids is 2. The van der Waals surface area contributed by atoms with E-state index in [-0.39, 0.29) is 6.03 Å². The zero-order chi connectivity index (χ0) is 11.5. The summed E-state index contributed by atoms with van der Waals surface area (Å²) < 4.78 is 0. The first-order valence-electron chi connectivity index (χ1n) is 5.76. The van der Waals surface area contributed by atoms with Gasteiger partial charge in [-0.1, -0.05) is 0 Å². The highest BCUT2D eigenvalue weighted by molar-refractivity contribution is 5.86. The van der Waals surface area contributed by atoms with E-state index in [0.717, 1.165) is 32.5 Å². The van der Waals surface area contributed by atoms with Crippen LogP contribution in [0, 0.1) is 0 Å². The van der Waals surface area contributed by atoms with E-state index in [1.807, 2.05) is 0 Å². The molecule has 0 bridgehead atoms. The summed E-state index contributed by atoms with van der Waals surface area (Å²) in [5.41, 5.74) is 5.30. The number of nitrogens with zero attached hydrogens (tertiary/aromatic N) is 2. The molecule has 6 heteroatoms. The van der Waals surface area contributed by atoms with E-state index in [9.17, 15) is 9.59 Å². The molecule has 0 aromatic carbocycles. The number of hydrogen-bond acceptors (Lipinski definition) is 3. The van der Waals surface area contributed by atoms with Crippen LogP contribution in [0.5, 0.6) is 0 Å². The van der Waals surface area contributed by atoms with Gasteiger partial charge in [-0.2, -0.15) is 0 Å². The molecule has 2 aliphatic rings. The van der Waals surface area contributed by atoms with Crippen LogP contribution in [0.2, 0.25) is 0 Å². The fourth-order valence-electron chi connectivity index (χ4n) is 2.28. The van der Waals surface area contributed by atoms with Gasteiger partial charge in [-0.3, -0.25) is 4.79 Å². The first kappa shape index (κ1) is 11.2. The standard InChI is InChI=1S/C10H18N4O2/c11-9(15)8-7-12-3-6-14(8)10(16)13-4-1-2-5-13/h8,12H,1-7H2,(H2,11,15). The normalized spacial score (nSPS) is 25.9. The molecule has 0 aromatic rings. The lowest BCUT2D eigenvalue weighted by Crippen LogP contribution is -2.61. The first-order valence-corrected chi connectivity index (χ1v) is 5.76. The van der Waals surface area contributed by atoms with Gasteiger partial charge in [-0.25, -0.2) is 4.79 Å². The predicted molar refractivity (Wildman–Crippen MR) is 58.8 cm³/mol. The van der Waals surface area contributed by atoms with Crippen molar-refractivity contribution in [1.82, 2.24) is 15.1 Å². The van der Waals surface area contributed by atoms with Crippen molar-refractivity contribution in [2.24, 2.45) is 5.73 Å². The second-order valence-corrected chi connectivity index (χ2v) is 4.29. The number of likely N-dealkylation sites (tertiary alicyclic amines) is 1.